The zero-order valence-electron chi connectivity index (χ0n) is 15.2. The van der Waals surface area contributed by atoms with Crippen molar-refractivity contribution < 1.29 is 18.6 Å². The number of oxazole rings is 1. The zero-order valence-corrected chi connectivity index (χ0v) is 15.9. The summed E-state index contributed by atoms with van der Waals surface area (Å²) in [6, 6.07) is 5.34. The van der Waals surface area contributed by atoms with Gasteiger partial charge in [-0.3, -0.25) is 4.90 Å². The molecule has 1 aromatic carbocycles. The fourth-order valence-electron chi connectivity index (χ4n) is 3.58. The Balaban J connectivity index is 1.40. The van der Waals surface area contributed by atoms with Crippen LogP contribution in [0.3, 0.4) is 0 Å². The van der Waals surface area contributed by atoms with Crippen LogP contribution in [0.1, 0.15) is 12.8 Å². The largest absolute Gasteiger partial charge is 0.500 e. The van der Waals surface area contributed by atoms with Crippen molar-refractivity contribution >= 4 is 46.9 Å². The Morgan fingerprint density at radius 3 is 2.78 bits per heavy atom. The Morgan fingerprint density at radius 2 is 2.04 bits per heavy atom. The Kier molecular flexibility index (Phi) is 4.61. The number of nitrogens with zero attached hydrogens (tertiary/aromatic N) is 4. The molecule has 142 valence electrons. The number of amides is 3. The number of fused-ring (bicyclic) bond motifs is 1. The fourth-order valence-corrected chi connectivity index (χ4v) is 3.74. The molecule has 0 spiro atoms. The van der Waals surface area contributed by atoms with Crippen molar-refractivity contribution in [2.75, 3.05) is 32.5 Å². The Bertz CT molecular complexity index is 932. The van der Waals surface area contributed by atoms with E-state index in [-0.39, 0.29) is 18.0 Å². The number of hydrogen-bond donors (Lipinski definition) is 1. The second kappa shape index (κ2) is 6.94. The monoisotopic (exact) mass is 390 g/mol. The molecule has 1 saturated heterocycles. The van der Waals surface area contributed by atoms with E-state index < -0.39 is 6.04 Å². The third-order valence-corrected chi connectivity index (χ3v) is 5.37. The fraction of sp³-hybridized carbons (Fsp3) is 0.444. The molecule has 0 saturated carbocycles. The quantitative estimate of drug-likeness (QED) is 0.807. The lowest BCUT2D eigenvalue weighted by Crippen LogP contribution is -2.58. The van der Waals surface area contributed by atoms with Crippen LogP contribution in [-0.2, 0) is 4.79 Å². The molecule has 1 atom stereocenters. The van der Waals surface area contributed by atoms with E-state index in [4.69, 9.17) is 16.0 Å². The zero-order chi connectivity index (χ0) is 19.1. The van der Waals surface area contributed by atoms with Crippen LogP contribution >= 0.6 is 11.6 Å². The first-order valence-electron chi connectivity index (χ1n) is 8.88. The summed E-state index contributed by atoms with van der Waals surface area (Å²) in [5.41, 5.74) is 1.41. The molecule has 1 unspecified atom stereocenters. The molecule has 0 radical (unpaired) electrons. The van der Waals surface area contributed by atoms with Crippen LogP contribution in [-0.4, -0.2) is 76.8 Å². The van der Waals surface area contributed by atoms with Gasteiger partial charge in [-0.1, -0.05) is 11.6 Å². The number of nitrogens with one attached hydrogen (secondary N) is 1. The molecule has 9 heteroatoms. The maximum Gasteiger partial charge on any atom is 0.500 e. The van der Waals surface area contributed by atoms with E-state index in [0.29, 0.717) is 16.6 Å². The number of piperidine rings is 1. The number of anilines is 1. The molecule has 0 aliphatic carbocycles. The normalized spacial score (nSPS) is 22.4. The van der Waals surface area contributed by atoms with Crippen LogP contribution in [0.4, 0.5) is 10.8 Å². The van der Waals surface area contributed by atoms with E-state index in [0.717, 1.165) is 31.4 Å². The highest BCUT2D eigenvalue weighted by atomic mass is 35.5. The van der Waals surface area contributed by atoms with Crippen molar-refractivity contribution in [1.29, 1.82) is 0 Å². The maximum atomic E-state index is 12.4. The molecule has 2 aliphatic heterocycles. The van der Waals surface area contributed by atoms with Gasteiger partial charge in [0, 0.05) is 24.2 Å². The van der Waals surface area contributed by atoms with Crippen LogP contribution < -0.4 is 5.32 Å². The van der Waals surface area contributed by atoms with Gasteiger partial charge in [-0.2, -0.15) is 14.7 Å². The highest BCUT2D eigenvalue weighted by Gasteiger charge is 2.42. The van der Waals surface area contributed by atoms with Gasteiger partial charge in [-0.15, -0.1) is 0 Å². The molecule has 2 aromatic rings. The van der Waals surface area contributed by atoms with Crippen molar-refractivity contribution in [2.45, 2.75) is 24.9 Å². The average Bonchev–Trinajstić information content (AvgIpc) is 3.05. The average molecular weight is 391 g/mol. The van der Waals surface area contributed by atoms with Crippen molar-refractivity contribution in [3.8, 4) is 0 Å². The first-order valence-corrected chi connectivity index (χ1v) is 9.26. The second-order valence-electron chi connectivity index (χ2n) is 6.97. The van der Waals surface area contributed by atoms with Crippen LogP contribution in [0, 0.1) is 0 Å². The van der Waals surface area contributed by atoms with Crippen molar-refractivity contribution in [3.05, 3.63) is 23.2 Å². The molecule has 1 N–H and O–H groups in total. The number of carbonyl (C=O) groups excluding carboxylic acids is 2. The highest BCUT2D eigenvalue weighted by Crippen LogP contribution is 2.24. The smallest absolute Gasteiger partial charge is 0.424 e. The van der Waals surface area contributed by atoms with Gasteiger partial charge < -0.3 is 9.73 Å². The van der Waals surface area contributed by atoms with E-state index in [2.05, 4.69) is 15.2 Å². The summed E-state index contributed by atoms with van der Waals surface area (Å²) in [4.78, 5) is 32.0. The number of aromatic nitrogens is 1. The summed E-state index contributed by atoms with van der Waals surface area (Å²) < 4.78 is 7.19. The molecular weight excluding hydrogens is 370 g/mol. The van der Waals surface area contributed by atoms with Crippen LogP contribution in [0.5, 0.6) is 0 Å². The predicted molar refractivity (Wildman–Crippen MR) is 101 cm³/mol. The predicted octanol–water partition coefficient (Wildman–Crippen LogP) is 2.03. The topological polar surface area (TPSA) is 81.7 Å². The first kappa shape index (κ1) is 17.9. The molecule has 1 aromatic heterocycles. The third-order valence-electron chi connectivity index (χ3n) is 5.14. The molecule has 3 heterocycles. The van der Waals surface area contributed by atoms with Crippen molar-refractivity contribution in [1.82, 2.24) is 14.8 Å². The van der Waals surface area contributed by atoms with Gasteiger partial charge in [0.05, 0.1) is 14.1 Å². The lowest BCUT2D eigenvalue weighted by molar-refractivity contribution is -0.401. The SMILES string of the molecule is CN1C(=O)C(N2CCC(Nc3nc4cc(Cl)ccc4o3)CC2)C=[N+](C)C1=O. The first-order chi connectivity index (χ1) is 12.9. The third kappa shape index (κ3) is 3.42. The Hall–Kier alpha value is -2.45. The van der Waals surface area contributed by atoms with E-state index in [1.54, 1.807) is 31.5 Å². The van der Waals surface area contributed by atoms with Gasteiger partial charge in [-0.05, 0) is 31.0 Å². The van der Waals surface area contributed by atoms with E-state index in [1.165, 1.54) is 16.5 Å². The van der Waals surface area contributed by atoms with Crippen LogP contribution in [0.25, 0.3) is 11.1 Å². The Morgan fingerprint density at radius 1 is 1.30 bits per heavy atom. The molecule has 3 amide bonds. The van der Waals surface area contributed by atoms with Crippen LogP contribution in [0.2, 0.25) is 5.02 Å². The number of halogens is 1. The lowest BCUT2D eigenvalue weighted by atomic mass is 10.0. The van der Waals surface area contributed by atoms with Crippen molar-refractivity contribution in [2.24, 2.45) is 0 Å². The molecule has 8 nitrogen and oxygen atoms in total. The number of urea groups is 1. The molecule has 1 fully saturated rings. The summed E-state index contributed by atoms with van der Waals surface area (Å²) in [5.74, 6) is -0.180. The number of likely N-dealkylation sites (tertiary alicyclic amines) is 1. The minimum absolute atomic E-state index is 0.180. The maximum absolute atomic E-state index is 12.4. The van der Waals surface area contributed by atoms with Gasteiger partial charge in [0.2, 0.25) is 0 Å². The van der Waals surface area contributed by atoms with E-state index >= 15 is 0 Å². The minimum Gasteiger partial charge on any atom is -0.424 e. The number of rotatable bonds is 3. The highest BCUT2D eigenvalue weighted by molar-refractivity contribution is 6.31. The van der Waals surface area contributed by atoms with Gasteiger partial charge >= 0.3 is 11.9 Å². The number of hydrogen-bond acceptors (Lipinski definition) is 6. The standard InChI is InChI=1S/C18H21ClN5O3/c1-22-10-14(16(25)23(2)18(22)26)24-7-5-12(6-8-24)20-17-21-13-9-11(19)3-4-15(13)27-17/h3-4,9-10,12,14H,5-8H2,1-2H3,(H,20,21)/q+1. The second-order valence-corrected chi connectivity index (χ2v) is 7.41. The van der Waals surface area contributed by atoms with E-state index in [9.17, 15) is 9.59 Å². The molecule has 0 bridgehead atoms. The van der Waals surface area contributed by atoms with E-state index in [1.807, 2.05) is 0 Å². The number of imide groups is 1. The number of carbonyl (C=O) groups is 2. The molecule has 2 aliphatic rings. The lowest BCUT2D eigenvalue weighted by Gasteiger charge is -2.35. The summed E-state index contributed by atoms with van der Waals surface area (Å²) in [6.07, 6.45) is 3.39. The van der Waals surface area contributed by atoms with Crippen LogP contribution in [0.15, 0.2) is 22.6 Å². The number of benzene rings is 1. The van der Waals surface area contributed by atoms with Gasteiger partial charge in [0.1, 0.15) is 11.7 Å². The molecular formula is C18H21ClN5O3+. The van der Waals surface area contributed by atoms with Gasteiger partial charge in [0.15, 0.2) is 11.6 Å². The summed E-state index contributed by atoms with van der Waals surface area (Å²) >= 11 is 5.98. The summed E-state index contributed by atoms with van der Waals surface area (Å²) in [5, 5.41) is 3.95. The molecule has 4 rings (SSSR count). The number of likely N-dealkylation sites (N-methyl/N-ethyl adjacent to an activating group) is 1. The van der Waals surface area contributed by atoms with Gasteiger partial charge in [-0.25, -0.2) is 9.37 Å². The Labute approximate surface area is 161 Å². The summed E-state index contributed by atoms with van der Waals surface area (Å²) in [7, 11) is 3.20. The molecule has 27 heavy (non-hydrogen) atoms. The summed E-state index contributed by atoms with van der Waals surface area (Å²) in [6.45, 7) is 1.49. The van der Waals surface area contributed by atoms with Gasteiger partial charge in [0.25, 0.3) is 6.01 Å². The van der Waals surface area contributed by atoms with Crippen molar-refractivity contribution in [3.63, 3.8) is 0 Å². The minimum atomic E-state index is -0.398.